The van der Waals surface area contributed by atoms with E-state index in [0.717, 1.165) is 30.5 Å². The molecule has 5 nitrogen and oxygen atoms in total. The lowest BCUT2D eigenvalue weighted by Crippen LogP contribution is -2.37. The van der Waals surface area contributed by atoms with Gasteiger partial charge in [-0.05, 0) is 32.3 Å². The third-order valence-corrected chi connectivity index (χ3v) is 4.60. The summed E-state index contributed by atoms with van der Waals surface area (Å²) in [5.74, 6) is 0.341. The number of fused-ring (bicyclic) bond motifs is 1. The number of aromatic amines is 1. The van der Waals surface area contributed by atoms with E-state index in [-0.39, 0.29) is 5.92 Å². The number of hydrogen-bond acceptors (Lipinski definition) is 4. The van der Waals surface area contributed by atoms with Crippen LogP contribution in [0, 0.1) is 19.8 Å². The SMILES string of the molecule is Cc1ncc2c(N3CCCCC(C)C3F)nc(=O)[nH]c2c1C. The molecule has 0 aromatic carbocycles. The molecule has 0 bridgehead atoms. The van der Waals surface area contributed by atoms with Crippen LogP contribution in [0.25, 0.3) is 10.9 Å². The molecule has 0 spiro atoms. The Labute approximate surface area is 128 Å². The second-order valence-electron chi connectivity index (χ2n) is 6.16. The summed E-state index contributed by atoms with van der Waals surface area (Å²) in [4.78, 5) is 24.7. The van der Waals surface area contributed by atoms with Gasteiger partial charge in [0.05, 0.1) is 10.9 Å². The zero-order chi connectivity index (χ0) is 15.9. The van der Waals surface area contributed by atoms with Crippen LogP contribution in [0.5, 0.6) is 0 Å². The van der Waals surface area contributed by atoms with Crippen LogP contribution in [0.15, 0.2) is 11.0 Å². The molecule has 1 N–H and O–H groups in total. The van der Waals surface area contributed by atoms with Crippen molar-refractivity contribution in [2.24, 2.45) is 5.92 Å². The first-order valence-corrected chi connectivity index (χ1v) is 7.76. The van der Waals surface area contributed by atoms with Gasteiger partial charge >= 0.3 is 5.69 Å². The molecule has 0 radical (unpaired) electrons. The van der Waals surface area contributed by atoms with Gasteiger partial charge in [0.15, 0.2) is 6.30 Å². The monoisotopic (exact) mass is 304 g/mol. The first kappa shape index (κ1) is 14.9. The zero-order valence-corrected chi connectivity index (χ0v) is 13.2. The molecular weight excluding hydrogens is 283 g/mol. The highest BCUT2D eigenvalue weighted by Gasteiger charge is 2.29. The molecule has 0 aliphatic carbocycles. The average Bonchev–Trinajstić information content (AvgIpc) is 2.65. The molecular formula is C16H21FN4O. The predicted molar refractivity (Wildman–Crippen MR) is 84.9 cm³/mol. The molecule has 2 aromatic rings. The minimum Gasteiger partial charge on any atom is -0.326 e. The van der Waals surface area contributed by atoms with Gasteiger partial charge in [0, 0.05) is 24.4 Å². The standard InChI is InChI=1S/C16H21FN4O/c1-9-6-4-5-7-21(14(9)17)15-12-8-18-11(3)10(2)13(12)19-16(22)20-15/h8-9,14H,4-7H2,1-3H3,(H,19,20,22). The number of aryl methyl sites for hydroxylation is 2. The van der Waals surface area contributed by atoms with E-state index in [1.165, 1.54) is 0 Å². The van der Waals surface area contributed by atoms with Gasteiger partial charge < -0.3 is 9.88 Å². The van der Waals surface area contributed by atoms with Crippen molar-refractivity contribution >= 4 is 16.7 Å². The second kappa shape index (κ2) is 5.66. The lowest BCUT2D eigenvalue weighted by Gasteiger charge is -2.29. The van der Waals surface area contributed by atoms with E-state index in [1.807, 2.05) is 20.8 Å². The Morgan fingerprint density at radius 3 is 2.91 bits per heavy atom. The van der Waals surface area contributed by atoms with Crippen LogP contribution in [0.1, 0.15) is 37.4 Å². The molecule has 1 aliphatic rings. The number of nitrogens with one attached hydrogen (secondary N) is 1. The molecule has 1 saturated heterocycles. The first-order valence-electron chi connectivity index (χ1n) is 7.76. The predicted octanol–water partition coefficient (Wildman–Crippen LogP) is 2.86. The number of aromatic nitrogens is 3. The third kappa shape index (κ3) is 2.46. The van der Waals surface area contributed by atoms with Gasteiger partial charge in [0.25, 0.3) is 0 Å². The van der Waals surface area contributed by atoms with Crippen molar-refractivity contribution in [1.82, 2.24) is 15.0 Å². The largest absolute Gasteiger partial charge is 0.347 e. The summed E-state index contributed by atoms with van der Waals surface area (Å²) < 4.78 is 14.8. The number of anilines is 1. The normalized spacial score (nSPS) is 22.8. The minimum absolute atomic E-state index is 0.0712. The van der Waals surface area contributed by atoms with Crippen LogP contribution in [0.4, 0.5) is 10.2 Å². The first-order chi connectivity index (χ1) is 10.5. The van der Waals surface area contributed by atoms with Crippen LogP contribution < -0.4 is 10.6 Å². The molecule has 3 heterocycles. The summed E-state index contributed by atoms with van der Waals surface area (Å²) in [6, 6.07) is 0. The summed E-state index contributed by atoms with van der Waals surface area (Å²) in [7, 11) is 0. The van der Waals surface area contributed by atoms with Crippen LogP contribution in [0.2, 0.25) is 0 Å². The smallest absolute Gasteiger partial charge is 0.326 e. The van der Waals surface area contributed by atoms with E-state index < -0.39 is 12.0 Å². The lowest BCUT2D eigenvalue weighted by atomic mass is 10.1. The van der Waals surface area contributed by atoms with Crippen molar-refractivity contribution < 1.29 is 4.39 Å². The highest BCUT2D eigenvalue weighted by atomic mass is 19.1. The maximum absolute atomic E-state index is 14.8. The number of H-pyrrole nitrogens is 1. The summed E-state index contributed by atoms with van der Waals surface area (Å²) in [6.45, 7) is 6.28. The third-order valence-electron chi connectivity index (χ3n) is 4.60. The van der Waals surface area contributed by atoms with Gasteiger partial charge in [0.1, 0.15) is 5.82 Å². The Morgan fingerprint density at radius 2 is 2.14 bits per heavy atom. The Hall–Kier alpha value is -1.98. The van der Waals surface area contributed by atoms with E-state index in [9.17, 15) is 9.18 Å². The van der Waals surface area contributed by atoms with Gasteiger partial charge in [-0.25, -0.2) is 9.18 Å². The van der Waals surface area contributed by atoms with Crippen molar-refractivity contribution in [2.45, 2.75) is 46.3 Å². The number of alkyl halides is 1. The molecule has 1 aliphatic heterocycles. The molecule has 0 amide bonds. The summed E-state index contributed by atoms with van der Waals surface area (Å²) in [5, 5.41) is 0.708. The molecule has 22 heavy (non-hydrogen) atoms. The number of nitrogens with zero attached hydrogens (tertiary/aromatic N) is 3. The highest BCUT2D eigenvalue weighted by molar-refractivity contribution is 5.91. The van der Waals surface area contributed by atoms with Crippen molar-refractivity contribution in [3.8, 4) is 0 Å². The van der Waals surface area contributed by atoms with Crippen molar-refractivity contribution in [3.05, 3.63) is 27.9 Å². The van der Waals surface area contributed by atoms with Crippen molar-refractivity contribution in [1.29, 1.82) is 0 Å². The van der Waals surface area contributed by atoms with E-state index in [4.69, 9.17) is 0 Å². The highest BCUT2D eigenvalue weighted by Crippen LogP contribution is 2.31. The number of rotatable bonds is 1. The molecule has 2 atom stereocenters. The van der Waals surface area contributed by atoms with Crippen molar-refractivity contribution in [2.75, 3.05) is 11.4 Å². The number of pyridine rings is 1. The van der Waals surface area contributed by atoms with Gasteiger partial charge in [-0.3, -0.25) is 4.98 Å². The average molecular weight is 304 g/mol. The van der Waals surface area contributed by atoms with E-state index in [1.54, 1.807) is 11.1 Å². The quantitative estimate of drug-likeness (QED) is 0.823. The lowest BCUT2D eigenvalue weighted by molar-refractivity contribution is 0.234. The van der Waals surface area contributed by atoms with Crippen LogP contribution in [-0.2, 0) is 0 Å². The summed E-state index contributed by atoms with van der Waals surface area (Å²) >= 11 is 0. The fraction of sp³-hybridized carbons (Fsp3) is 0.562. The summed E-state index contributed by atoms with van der Waals surface area (Å²) in [6.07, 6.45) is 3.31. The van der Waals surface area contributed by atoms with Gasteiger partial charge in [-0.15, -0.1) is 0 Å². The van der Waals surface area contributed by atoms with Crippen LogP contribution >= 0.6 is 0 Å². The molecule has 2 aromatic heterocycles. The second-order valence-corrected chi connectivity index (χ2v) is 6.16. The minimum atomic E-state index is -1.12. The van der Waals surface area contributed by atoms with E-state index in [2.05, 4.69) is 15.0 Å². The topological polar surface area (TPSA) is 61.9 Å². The van der Waals surface area contributed by atoms with Crippen LogP contribution in [-0.4, -0.2) is 27.8 Å². The molecule has 6 heteroatoms. The van der Waals surface area contributed by atoms with Gasteiger partial charge in [0.2, 0.25) is 0 Å². The molecule has 118 valence electrons. The molecule has 3 rings (SSSR count). The van der Waals surface area contributed by atoms with Gasteiger partial charge in [-0.2, -0.15) is 4.98 Å². The van der Waals surface area contributed by atoms with E-state index >= 15 is 0 Å². The van der Waals surface area contributed by atoms with Crippen molar-refractivity contribution in [3.63, 3.8) is 0 Å². The van der Waals surface area contributed by atoms with E-state index in [0.29, 0.717) is 23.3 Å². The zero-order valence-electron chi connectivity index (χ0n) is 13.2. The Bertz CT molecular complexity index is 758. The maximum atomic E-state index is 14.8. The summed E-state index contributed by atoms with van der Waals surface area (Å²) in [5.41, 5.74) is 2.00. The fourth-order valence-corrected chi connectivity index (χ4v) is 3.09. The number of hydrogen-bond donors (Lipinski definition) is 1. The Morgan fingerprint density at radius 1 is 1.36 bits per heavy atom. The Balaban J connectivity index is 2.21. The van der Waals surface area contributed by atoms with Crippen LogP contribution in [0.3, 0.4) is 0 Å². The molecule has 2 unspecified atom stereocenters. The Kier molecular flexibility index (Phi) is 3.85. The number of halogens is 1. The maximum Gasteiger partial charge on any atom is 0.347 e. The molecule has 1 fully saturated rings. The molecule has 0 saturated carbocycles. The van der Waals surface area contributed by atoms with Gasteiger partial charge in [-0.1, -0.05) is 13.3 Å². The fourth-order valence-electron chi connectivity index (χ4n) is 3.09.